The number of anilines is 1. The Bertz CT molecular complexity index is 977. The summed E-state index contributed by atoms with van der Waals surface area (Å²) in [5.41, 5.74) is 1.65. The maximum Gasteiger partial charge on any atom is 0.254 e. The van der Waals surface area contributed by atoms with E-state index in [0.29, 0.717) is 31.2 Å². The molecule has 1 N–H and O–H groups in total. The molecule has 0 bridgehead atoms. The van der Waals surface area contributed by atoms with Gasteiger partial charge in [0.15, 0.2) is 0 Å². The van der Waals surface area contributed by atoms with E-state index in [0.717, 1.165) is 50.2 Å². The van der Waals surface area contributed by atoms with Crippen LogP contribution in [0.3, 0.4) is 0 Å². The summed E-state index contributed by atoms with van der Waals surface area (Å²) in [4.78, 5) is 35.6. The normalized spacial score (nSPS) is 24.9. The van der Waals surface area contributed by atoms with Crippen molar-refractivity contribution in [2.75, 3.05) is 31.2 Å². The van der Waals surface area contributed by atoms with E-state index in [9.17, 15) is 9.59 Å². The molecule has 0 radical (unpaired) electrons. The van der Waals surface area contributed by atoms with Gasteiger partial charge in [0.1, 0.15) is 11.9 Å². The number of ether oxygens (including phenoxy) is 1. The second-order valence-corrected chi connectivity index (χ2v) is 9.25. The van der Waals surface area contributed by atoms with Gasteiger partial charge in [0.05, 0.1) is 13.2 Å². The number of hydrogen-bond acceptors (Lipinski definition) is 5. The summed E-state index contributed by atoms with van der Waals surface area (Å²) in [6.07, 6.45) is 6.91. The van der Waals surface area contributed by atoms with Gasteiger partial charge in [-0.05, 0) is 43.4 Å². The number of nitrogens with one attached hydrogen (secondary N) is 1. The van der Waals surface area contributed by atoms with Crippen LogP contribution in [-0.2, 0) is 16.1 Å². The van der Waals surface area contributed by atoms with Crippen molar-refractivity contribution < 1.29 is 14.3 Å². The van der Waals surface area contributed by atoms with Crippen molar-refractivity contribution in [1.82, 2.24) is 15.2 Å². The fourth-order valence-electron chi connectivity index (χ4n) is 5.64. The Labute approximate surface area is 195 Å². The number of hydrogen-bond donors (Lipinski definition) is 1. The molecule has 3 unspecified atom stereocenters. The van der Waals surface area contributed by atoms with Crippen LogP contribution in [0.5, 0.6) is 0 Å². The molecule has 33 heavy (non-hydrogen) atoms. The van der Waals surface area contributed by atoms with Crippen molar-refractivity contribution in [2.24, 2.45) is 5.92 Å². The zero-order valence-corrected chi connectivity index (χ0v) is 19.0. The standard InChI is InChI=1S/C26H32N4O3/c31-25(28-18-21-10-6-12-27-24(21)29-13-15-33-16-14-29)23-17-20-9-4-5-11-22(20)30(23)26(32)19-7-2-1-3-8-19/h1-3,6-8,10,12,20,22-23H,4-5,9,11,13-18H2,(H,28,31). The molecule has 7 heteroatoms. The molecule has 174 valence electrons. The largest absolute Gasteiger partial charge is 0.378 e. The topological polar surface area (TPSA) is 74.8 Å². The summed E-state index contributed by atoms with van der Waals surface area (Å²) in [6.45, 7) is 3.36. The van der Waals surface area contributed by atoms with E-state index in [2.05, 4.69) is 15.2 Å². The lowest BCUT2D eigenvalue weighted by Crippen LogP contribution is -2.49. The summed E-state index contributed by atoms with van der Waals surface area (Å²) in [7, 11) is 0. The lowest BCUT2D eigenvalue weighted by Gasteiger charge is -2.33. The molecule has 3 aliphatic rings. The number of nitrogens with zero attached hydrogens (tertiary/aromatic N) is 3. The Morgan fingerprint density at radius 1 is 1.03 bits per heavy atom. The van der Waals surface area contributed by atoms with E-state index in [1.165, 1.54) is 6.42 Å². The Balaban J connectivity index is 1.32. The minimum Gasteiger partial charge on any atom is -0.378 e. The molecule has 3 heterocycles. The first-order valence-electron chi connectivity index (χ1n) is 12.1. The summed E-state index contributed by atoms with van der Waals surface area (Å²) in [5.74, 6) is 1.22. The third-order valence-electron chi connectivity index (χ3n) is 7.28. The number of likely N-dealkylation sites (tertiary alicyclic amines) is 1. The first kappa shape index (κ1) is 21.9. The van der Waals surface area contributed by atoms with Crippen molar-refractivity contribution in [1.29, 1.82) is 0 Å². The maximum atomic E-state index is 13.5. The van der Waals surface area contributed by atoms with Crippen LogP contribution in [0.25, 0.3) is 0 Å². The van der Waals surface area contributed by atoms with Gasteiger partial charge in [-0.25, -0.2) is 4.98 Å². The summed E-state index contributed by atoms with van der Waals surface area (Å²) in [6, 6.07) is 13.0. The molecule has 0 spiro atoms. The lowest BCUT2D eigenvalue weighted by atomic mass is 9.84. The minimum atomic E-state index is -0.422. The minimum absolute atomic E-state index is 0.0273. The van der Waals surface area contributed by atoms with Crippen LogP contribution in [-0.4, -0.2) is 60.1 Å². The second kappa shape index (κ2) is 9.91. The molecule has 2 aliphatic heterocycles. The van der Waals surface area contributed by atoms with Crippen molar-refractivity contribution in [3.8, 4) is 0 Å². The first-order valence-corrected chi connectivity index (χ1v) is 12.1. The number of amides is 2. The predicted molar refractivity (Wildman–Crippen MR) is 126 cm³/mol. The predicted octanol–water partition coefficient (Wildman–Crippen LogP) is 3.01. The molecule has 2 saturated heterocycles. The van der Waals surface area contributed by atoms with Gasteiger partial charge < -0.3 is 19.9 Å². The highest BCUT2D eigenvalue weighted by molar-refractivity contribution is 5.98. The van der Waals surface area contributed by atoms with Gasteiger partial charge in [-0.1, -0.05) is 37.1 Å². The summed E-state index contributed by atoms with van der Waals surface area (Å²) >= 11 is 0. The molecule has 1 aromatic carbocycles. The number of morpholine rings is 1. The number of carbonyl (C=O) groups is 2. The Kier molecular flexibility index (Phi) is 6.58. The molecule has 1 saturated carbocycles. The van der Waals surface area contributed by atoms with Crippen LogP contribution >= 0.6 is 0 Å². The van der Waals surface area contributed by atoms with Gasteiger partial charge in [0.25, 0.3) is 5.91 Å². The van der Waals surface area contributed by atoms with Crippen molar-refractivity contribution in [3.63, 3.8) is 0 Å². The molecule has 3 fully saturated rings. The number of pyridine rings is 1. The van der Waals surface area contributed by atoms with Gasteiger partial charge in [-0.2, -0.15) is 0 Å². The molecule has 2 amide bonds. The van der Waals surface area contributed by atoms with Gasteiger partial charge in [0.2, 0.25) is 5.91 Å². The van der Waals surface area contributed by atoms with Gasteiger partial charge in [-0.15, -0.1) is 0 Å². The summed E-state index contributed by atoms with van der Waals surface area (Å²) in [5, 5.41) is 3.14. The second-order valence-electron chi connectivity index (χ2n) is 9.25. The first-order chi connectivity index (χ1) is 16.2. The van der Waals surface area contributed by atoms with Crippen LogP contribution in [0.2, 0.25) is 0 Å². The molecular formula is C26H32N4O3. The van der Waals surface area contributed by atoms with Crippen LogP contribution in [0.15, 0.2) is 48.7 Å². The number of carbonyl (C=O) groups excluding carboxylic acids is 2. The van der Waals surface area contributed by atoms with Crippen LogP contribution in [0.1, 0.15) is 48.0 Å². The average molecular weight is 449 g/mol. The van der Waals surface area contributed by atoms with E-state index >= 15 is 0 Å². The molecule has 1 aromatic heterocycles. The van der Waals surface area contributed by atoms with E-state index in [1.54, 1.807) is 6.20 Å². The quantitative estimate of drug-likeness (QED) is 0.761. The van der Waals surface area contributed by atoms with Crippen molar-refractivity contribution in [2.45, 2.75) is 50.7 Å². The van der Waals surface area contributed by atoms with E-state index in [1.807, 2.05) is 47.4 Å². The smallest absolute Gasteiger partial charge is 0.254 e. The maximum absolute atomic E-state index is 13.5. The third-order valence-corrected chi connectivity index (χ3v) is 7.28. The molecule has 3 atom stereocenters. The number of benzene rings is 1. The molecule has 2 aromatic rings. The fourth-order valence-corrected chi connectivity index (χ4v) is 5.64. The highest BCUT2D eigenvalue weighted by atomic mass is 16.5. The average Bonchev–Trinajstić information content (AvgIpc) is 3.28. The Hall–Kier alpha value is -2.93. The number of fused-ring (bicyclic) bond motifs is 1. The van der Waals surface area contributed by atoms with Crippen LogP contribution in [0.4, 0.5) is 5.82 Å². The molecule has 1 aliphatic carbocycles. The zero-order chi connectivity index (χ0) is 22.6. The van der Waals surface area contributed by atoms with Crippen LogP contribution in [0, 0.1) is 5.92 Å². The van der Waals surface area contributed by atoms with Gasteiger partial charge >= 0.3 is 0 Å². The lowest BCUT2D eigenvalue weighted by molar-refractivity contribution is -0.125. The van der Waals surface area contributed by atoms with E-state index in [4.69, 9.17) is 4.74 Å². The highest BCUT2D eigenvalue weighted by Crippen LogP contribution is 2.40. The summed E-state index contributed by atoms with van der Waals surface area (Å²) < 4.78 is 5.47. The van der Waals surface area contributed by atoms with Gasteiger partial charge in [0, 0.05) is 43.0 Å². The third kappa shape index (κ3) is 4.60. The SMILES string of the molecule is O=C(NCc1cccnc1N1CCOCC1)C1CC2CCCCC2N1C(=O)c1ccccc1. The van der Waals surface area contributed by atoms with E-state index in [-0.39, 0.29) is 17.9 Å². The molecule has 5 rings (SSSR count). The monoisotopic (exact) mass is 448 g/mol. The molecule has 7 nitrogen and oxygen atoms in total. The Morgan fingerprint density at radius 2 is 1.82 bits per heavy atom. The van der Waals surface area contributed by atoms with Crippen molar-refractivity contribution in [3.05, 3.63) is 59.8 Å². The van der Waals surface area contributed by atoms with Crippen molar-refractivity contribution >= 4 is 17.6 Å². The van der Waals surface area contributed by atoms with Crippen LogP contribution < -0.4 is 10.2 Å². The molecular weight excluding hydrogens is 416 g/mol. The van der Waals surface area contributed by atoms with E-state index < -0.39 is 6.04 Å². The highest BCUT2D eigenvalue weighted by Gasteiger charge is 2.47. The Morgan fingerprint density at radius 3 is 2.64 bits per heavy atom. The zero-order valence-electron chi connectivity index (χ0n) is 19.0. The van der Waals surface area contributed by atoms with Gasteiger partial charge in [-0.3, -0.25) is 9.59 Å². The number of aromatic nitrogens is 1. The number of rotatable bonds is 5. The fraction of sp³-hybridized carbons (Fsp3) is 0.500.